The van der Waals surface area contributed by atoms with Crippen molar-refractivity contribution < 1.29 is 9.47 Å². The maximum atomic E-state index is 5.61. The van der Waals surface area contributed by atoms with Crippen LogP contribution in [0.1, 0.15) is 29.8 Å². The fraction of sp³-hybridized carbons (Fsp3) is 0.294. The molecule has 0 aliphatic heterocycles. The predicted octanol–water partition coefficient (Wildman–Crippen LogP) is 4.15. The minimum Gasteiger partial charge on any atom is -0.377 e. The van der Waals surface area contributed by atoms with E-state index in [0.717, 1.165) is 6.42 Å². The van der Waals surface area contributed by atoms with Gasteiger partial charge in [0.2, 0.25) is 0 Å². The Hall–Kier alpha value is -1.64. The lowest BCUT2D eigenvalue weighted by atomic mass is 9.98. The minimum absolute atomic E-state index is 0.0476. The molecule has 0 radical (unpaired) electrons. The lowest BCUT2D eigenvalue weighted by molar-refractivity contribution is 0.0207. The smallest absolute Gasteiger partial charge is 0.0849 e. The number of hydrogen-bond donors (Lipinski definition) is 0. The molecule has 0 fully saturated rings. The molecule has 2 atom stereocenters. The van der Waals surface area contributed by atoms with Crippen molar-refractivity contribution in [3.8, 4) is 0 Å². The van der Waals surface area contributed by atoms with Crippen LogP contribution in [0.15, 0.2) is 60.7 Å². The molecule has 19 heavy (non-hydrogen) atoms. The van der Waals surface area contributed by atoms with Crippen molar-refractivity contribution in [3.63, 3.8) is 0 Å². The zero-order chi connectivity index (χ0) is 13.5. The van der Waals surface area contributed by atoms with Crippen molar-refractivity contribution in [1.82, 2.24) is 0 Å². The Morgan fingerprint density at radius 1 is 0.684 bits per heavy atom. The first-order valence-electron chi connectivity index (χ1n) is 6.50. The van der Waals surface area contributed by atoms with Crippen molar-refractivity contribution in [1.29, 1.82) is 0 Å². The van der Waals surface area contributed by atoms with Gasteiger partial charge in [0.1, 0.15) is 0 Å². The van der Waals surface area contributed by atoms with Crippen LogP contribution in [-0.4, -0.2) is 14.2 Å². The van der Waals surface area contributed by atoms with Gasteiger partial charge >= 0.3 is 0 Å². The average molecular weight is 256 g/mol. The highest BCUT2D eigenvalue weighted by Crippen LogP contribution is 2.30. The Bertz CT molecular complexity index is 422. The fourth-order valence-electron chi connectivity index (χ4n) is 2.27. The van der Waals surface area contributed by atoms with Crippen LogP contribution in [0.2, 0.25) is 0 Å². The molecule has 2 aromatic rings. The van der Waals surface area contributed by atoms with Gasteiger partial charge < -0.3 is 9.47 Å². The first-order valence-corrected chi connectivity index (χ1v) is 6.50. The standard InChI is InChI=1S/C17H20O2/c1-18-16(14-9-5-3-6-10-14)13-17(19-2)15-11-7-4-8-12-15/h3-12,16-17H,13H2,1-2H3. The monoisotopic (exact) mass is 256 g/mol. The highest BCUT2D eigenvalue weighted by atomic mass is 16.5. The third-order valence-electron chi connectivity index (χ3n) is 3.34. The van der Waals surface area contributed by atoms with Crippen LogP contribution in [0.5, 0.6) is 0 Å². The second-order valence-electron chi connectivity index (χ2n) is 4.51. The quantitative estimate of drug-likeness (QED) is 0.773. The van der Waals surface area contributed by atoms with Crippen LogP contribution in [0.4, 0.5) is 0 Å². The van der Waals surface area contributed by atoms with Crippen molar-refractivity contribution in [2.75, 3.05) is 14.2 Å². The average Bonchev–Trinajstić information content (AvgIpc) is 2.50. The van der Waals surface area contributed by atoms with Gasteiger partial charge in [0, 0.05) is 20.6 Å². The van der Waals surface area contributed by atoms with Crippen molar-refractivity contribution in [2.45, 2.75) is 18.6 Å². The molecule has 2 aromatic carbocycles. The summed E-state index contributed by atoms with van der Waals surface area (Å²) in [6, 6.07) is 20.5. The Labute approximate surface area is 115 Å². The molecule has 0 spiro atoms. The van der Waals surface area contributed by atoms with Gasteiger partial charge in [0.15, 0.2) is 0 Å². The molecule has 0 amide bonds. The van der Waals surface area contributed by atoms with Crippen LogP contribution in [-0.2, 0) is 9.47 Å². The summed E-state index contributed by atoms with van der Waals surface area (Å²) in [6.07, 6.45) is 0.902. The Morgan fingerprint density at radius 2 is 1.05 bits per heavy atom. The lowest BCUT2D eigenvalue weighted by Gasteiger charge is -2.22. The summed E-state index contributed by atoms with van der Waals surface area (Å²) >= 11 is 0. The fourth-order valence-corrected chi connectivity index (χ4v) is 2.27. The van der Waals surface area contributed by atoms with Crippen LogP contribution < -0.4 is 0 Å². The normalized spacial score (nSPS) is 14.0. The van der Waals surface area contributed by atoms with Gasteiger partial charge in [-0.25, -0.2) is 0 Å². The predicted molar refractivity (Wildman–Crippen MR) is 77.0 cm³/mol. The number of hydrogen-bond acceptors (Lipinski definition) is 2. The number of rotatable bonds is 6. The summed E-state index contributed by atoms with van der Waals surface area (Å²) in [5.41, 5.74) is 2.37. The van der Waals surface area contributed by atoms with E-state index < -0.39 is 0 Å². The van der Waals surface area contributed by atoms with E-state index in [2.05, 4.69) is 24.3 Å². The maximum Gasteiger partial charge on any atom is 0.0849 e. The first kappa shape index (κ1) is 13.8. The number of benzene rings is 2. The zero-order valence-corrected chi connectivity index (χ0v) is 11.5. The third-order valence-corrected chi connectivity index (χ3v) is 3.34. The van der Waals surface area contributed by atoms with Crippen LogP contribution in [0, 0.1) is 0 Å². The van der Waals surface area contributed by atoms with Crippen LogP contribution >= 0.6 is 0 Å². The highest BCUT2D eigenvalue weighted by Gasteiger charge is 2.18. The van der Waals surface area contributed by atoms with Crippen LogP contribution in [0.3, 0.4) is 0 Å². The second kappa shape index (κ2) is 7.07. The molecule has 0 heterocycles. The topological polar surface area (TPSA) is 18.5 Å². The molecule has 2 heteroatoms. The summed E-state index contributed by atoms with van der Waals surface area (Å²) in [5, 5.41) is 0. The molecule has 0 N–H and O–H groups in total. The Morgan fingerprint density at radius 3 is 1.37 bits per heavy atom. The van der Waals surface area contributed by atoms with Gasteiger partial charge in [-0.1, -0.05) is 60.7 Å². The van der Waals surface area contributed by atoms with Gasteiger partial charge in [0.05, 0.1) is 12.2 Å². The summed E-state index contributed by atoms with van der Waals surface area (Å²) < 4.78 is 11.2. The summed E-state index contributed by atoms with van der Waals surface area (Å²) in [7, 11) is 3.49. The number of ether oxygens (including phenoxy) is 2. The molecule has 0 saturated heterocycles. The highest BCUT2D eigenvalue weighted by molar-refractivity contribution is 5.21. The zero-order valence-electron chi connectivity index (χ0n) is 11.5. The molecular formula is C17H20O2. The van der Waals surface area contributed by atoms with Crippen molar-refractivity contribution in [3.05, 3.63) is 71.8 Å². The van der Waals surface area contributed by atoms with Gasteiger partial charge in [-0.05, 0) is 11.1 Å². The van der Waals surface area contributed by atoms with Gasteiger partial charge in [-0.15, -0.1) is 0 Å². The molecule has 2 rings (SSSR count). The molecule has 0 bridgehead atoms. The van der Waals surface area contributed by atoms with E-state index in [4.69, 9.17) is 9.47 Å². The SMILES string of the molecule is COC(CC(OC)c1ccccc1)c1ccccc1. The van der Waals surface area contributed by atoms with E-state index >= 15 is 0 Å². The van der Waals surface area contributed by atoms with Gasteiger partial charge in [0.25, 0.3) is 0 Å². The van der Waals surface area contributed by atoms with E-state index in [-0.39, 0.29) is 12.2 Å². The molecule has 0 aliphatic rings. The molecule has 0 aliphatic carbocycles. The molecule has 0 aromatic heterocycles. The molecule has 2 nitrogen and oxygen atoms in total. The summed E-state index contributed by atoms with van der Waals surface area (Å²) in [6.45, 7) is 0. The lowest BCUT2D eigenvalue weighted by Crippen LogP contribution is -2.10. The number of methoxy groups -OCH3 is 2. The van der Waals surface area contributed by atoms with Crippen molar-refractivity contribution in [2.24, 2.45) is 0 Å². The molecule has 2 unspecified atom stereocenters. The van der Waals surface area contributed by atoms with E-state index in [1.807, 2.05) is 36.4 Å². The van der Waals surface area contributed by atoms with E-state index in [1.165, 1.54) is 11.1 Å². The maximum absolute atomic E-state index is 5.61. The summed E-state index contributed by atoms with van der Waals surface area (Å²) in [4.78, 5) is 0. The van der Waals surface area contributed by atoms with E-state index in [1.54, 1.807) is 14.2 Å². The third kappa shape index (κ3) is 3.66. The van der Waals surface area contributed by atoms with Crippen LogP contribution in [0.25, 0.3) is 0 Å². The molecule has 100 valence electrons. The molecular weight excluding hydrogens is 236 g/mol. The summed E-state index contributed by atoms with van der Waals surface area (Å²) in [5.74, 6) is 0. The largest absolute Gasteiger partial charge is 0.377 e. The second-order valence-corrected chi connectivity index (χ2v) is 4.51. The first-order chi connectivity index (χ1) is 9.35. The minimum atomic E-state index is 0.0476. The van der Waals surface area contributed by atoms with Crippen molar-refractivity contribution >= 4 is 0 Å². The van der Waals surface area contributed by atoms with Gasteiger partial charge in [-0.2, -0.15) is 0 Å². The van der Waals surface area contributed by atoms with E-state index in [0.29, 0.717) is 0 Å². The van der Waals surface area contributed by atoms with E-state index in [9.17, 15) is 0 Å². The molecule has 0 saturated carbocycles. The Kier molecular flexibility index (Phi) is 5.13. The Balaban J connectivity index is 2.13. The van der Waals surface area contributed by atoms with Gasteiger partial charge in [-0.3, -0.25) is 0 Å².